The van der Waals surface area contributed by atoms with Crippen molar-refractivity contribution in [2.75, 3.05) is 0 Å². The number of halogens is 3. The zero-order valence-electron chi connectivity index (χ0n) is 10.5. The van der Waals surface area contributed by atoms with Gasteiger partial charge in [0.1, 0.15) is 5.92 Å². The van der Waals surface area contributed by atoms with Gasteiger partial charge in [0.25, 0.3) is 0 Å². The molecule has 0 amide bonds. The number of hydrogen-bond acceptors (Lipinski definition) is 2. The molecule has 1 aromatic rings. The maximum Gasteiger partial charge on any atom is 0.399 e. The van der Waals surface area contributed by atoms with E-state index in [1.54, 1.807) is 13.8 Å². The monoisotopic (exact) mass is 279 g/mol. The van der Waals surface area contributed by atoms with Crippen LogP contribution in [0.5, 0.6) is 0 Å². The zero-order valence-corrected chi connectivity index (χ0v) is 11.3. The van der Waals surface area contributed by atoms with Crippen LogP contribution in [0.2, 0.25) is 0 Å². The van der Waals surface area contributed by atoms with Crippen LogP contribution in [0.4, 0.5) is 13.2 Å². The maximum absolute atomic E-state index is 12.8. The van der Waals surface area contributed by atoms with E-state index in [1.165, 1.54) is 4.68 Å². The van der Waals surface area contributed by atoms with Crippen LogP contribution in [-0.2, 0) is 13.0 Å². The summed E-state index contributed by atoms with van der Waals surface area (Å²) in [7, 11) is 0. The number of aromatic nitrogens is 2. The minimum absolute atomic E-state index is 0.356. The Morgan fingerprint density at radius 2 is 2.00 bits per heavy atom. The first-order valence-electron chi connectivity index (χ1n) is 5.57. The Labute approximate surface area is 109 Å². The van der Waals surface area contributed by atoms with Crippen LogP contribution in [0.25, 0.3) is 0 Å². The van der Waals surface area contributed by atoms with Crippen LogP contribution in [0.15, 0.2) is 0 Å². The Morgan fingerprint density at radius 3 is 2.33 bits per heavy atom. The van der Waals surface area contributed by atoms with Crippen molar-refractivity contribution in [3.63, 3.8) is 0 Å². The smallest absolute Gasteiger partial charge is 0.393 e. The van der Waals surface area contributed by atoms with Gasteiger partial charge in [-0.25, -0.2) is 0 Å². The molecule has 1 unspecified atom stereocenters. The van der Waals surface area contributed by atoms with Crippen LogP contribution in [-0.4, -0.2) is 20.9 Å². The van der Waals surface area contributed by atoms with Gasteiger partial charge in [-0.2, -0.15) is 18.3 Å². The van der Waals surface area contributed by atoms with Crippen molar-refractivity contribution in [2.45, 2.75) is 39.9 Å². The lowest BCUT2D eigenvalue weighted by Gasteiger charge is -2.19. The number of nitrogens with two attached hydrogens (primary N) is 1. The van der Waals surface area contributed by atoms with Crippen molar-refractivity contribution in [3.8, 4) is 0 Å². The molecular weight excluding hydrogens is 263 g/mol. The molecule has 0 aliphatic rings. The van der Waals surface area contributed by atoms with Crippen LogP contribution < -0.4 is 5.73 Å². The summed E-state index contributed by atoms with van der Waals surface area (Å²) in [6.07, 6.45) is -3.70. The van der Waals surface area contributed by atoms with E-state index in [2.05, 4.69) is 17.3 Å². The average molecular weight is 279 g/mol. The summed E-state index contributed by atoms with van der Waals surface area (Å²) in [5.74, 6) is -1.84. The molecule has 0 radical (unpaired) electrons. The minimum Gasteiger partial charge on any atom is -0.393 e. The predicted molar refractivity (Wildman–Crippen MR) is 67.4 cm³/mol. The van der Waals surface area contributed by atoms with Crippen LogP contribution in [0.1, 0.15) is 23.9 Å². The van der Waals surface area contributed by atoms with E-state index >= 15 is 0 Å². The van der Waals surface area contributed by atoms with E-state index in [9.17, 15) is 13.2 Å². The van der Waals surface area contributed by atoms with Crippen molar-refractivity contribution in [1.29, 1.82) is 0 Å². The van der Waals surface area contributed by atoms with Gasteiger partial charge in [-0.05, 0) is 25.8 Å². The molecule has 1 heterocycles. The van der Waals surface area contributed by atoms with Crippen molar-refractivity contribution in [1.82, 2.24) is 9.78 Å². The lowest BCUT2D eigenvalue weighted by atomic mass is 10.1. The second-order valence-electron chi connectivity index (χ2n) is 4.18. The molecule has 0 aromatic carbocycles. The van der Waals surface area contributed by atoms with Gasteiger partial charge in [-0.1, -0.05) is 19.1 Å². The topological polar surface area (TPSA) is 43.8 Å². The second-order valence-corrected chi connectivity index (χ2v) is 4.65. The molecular formula is C11H16F3N3S. The number of rotatable bonds is 4. The summed E-state index contributed by atoms with van der Waals surface area (Å²) in [4.78, 5) is -0.548. The molecule has 0 bridgehead atoms. The molecule has 7 heteroatoms. The highest BCUT2D eigenvalue weighted by molar-refractivity contribution is 7.80. The molecule has 102 valence electrons. The van der Waals surface area contributed by atoms with Gasteiger partial charge >= 0.3 is 6.18 Å². The van der Waals surface area contributed by atoms with Gasteiger partial charge in [0.05, 0.1) is 17.2 Å². The van der Waals surface area contributed by atoms with Gasteiger partial charge in [0, 0.05) is 5.69 Å². The van der Waals surface area contributed by atoms with E-state index in [-0.39, 0.29) is 6.54 Å². The summed E-state index contributed by atoms with van der Waals surface area (Å²) >= 11 is 4.49. The molecule has 0 saturated heterocycles. The van der Waals surface area contributed by atoms with E-state index in [1.807, 2.05) is 6.92 Å². The molecule has 0 aliphatic heterocycles. The van der Waals surface area contributed by atoms with Crippen LogP contribution in [0, 0.1) is 19.8 Å². The molecule has 0 aliphatic carbocycles. The fraction of sp³-hybridized carbons (Fsp3) is 0.636. The first-order chi connectivity index (χ1) is 8.18. The fourth-order valence-electron chi connectivity index (χ4n) is 1.95. The van der Waals surface area contributed by atoms with Gasteiger partial charge in [0.15, 0.2) is 0 Å². The Hall–Kier alpha value is -1.11. The SMILES string of the molecule is CCc1c(C)nn(CC(C(N)=S)C(F)(F)F)c1C. The van der Waals surface area contributed by atoms with E-state index in [0.29, 0.717) is 0 Å². The number of nitrogens with zero attached hydrogens (tertiary/aromatic N) is 2. The highest BCUT2D eigenvalue weighted by Crippen LogP contribution is 2.28. The Kier molecular flexibility index (Phi) is 4.37. The summed E-state index contributed by atoms with van der Waals surface area (Å²) in [5, 5.41) is 4.12. The third-order valence-electron chi connectivity index (χ3n) is 2.98. The van der Waals surface area contributed by atoms with Crippen molar-refractivity contribution in [3.05, 3.63) is 17.0 Å². The first-order valence-corrected chi connectivity index (χ1v) is 5.98. The third-order valence-corrected chi connectivity index (χ3v) is 3.26. The van der Waals surface area contributed by atoms with E-state index in [0.717, 1.165) is 23.4 Å². The van der Waals surface area contributed by atoms with Crippen molar-refractivity contribution in [2.24, 2.45) is 11.7 Å². The molecule has 3 nitrogen and oxygen atoms in total. The maximum atomic E-state index is 12.8. The molecule has 18 heavy (non-hydrogen) atoms. The Balaban J connectivity index is 3.06. The Bertz CT molecular complexity index is 451. The zero-order chi connectivity index (χ0) is 14.1. The molecule has 1 atom stereocenters. The standard InChI is InChI=1S/C11H16F3N3S/c1-4-8-6(2)16-17(7(8)3)5-9(10(15)18)11(12,13)14/h9H,4-5H2,1-3H3,(H2,15,18). The minimum atomic E-state index is -4.44. The van der Waals surface area contributed by atoms with Crippen LogP contribution >= 0.6 is 12.2 Å². The van der Waals surface area contributed by atoms with Crippen molar-refractivity contribution >= 4 is 17.2 Å². The van der Waals surface area contributed by atoms with Crippen LogP contribution in [0.3, 0.4) is 0 Å². The van der Waals surface area contributed by atoms with Gasteiger partial charge in [0.2, 0.25) is 0 Å². The number of hydrogen-bond donors (Lipinski definition) is 1. The normalized spacial score (nSPS) is 13.7. The molecule has 0 spiro atoms. The molecule has 2 N–H and O–H groups in total. The fourth-order valence-corrected chi connectivity index (χ4v) is 2.16. The van der Waals surface area contributed by atoms with E-state index < -0.39 is 17.1 Å². The highest BCUT2D eigenvalue weighted by atomic mass is 32.1. The van der Waals surface area contributed by atoms with E-state index in [4.69, 9.17) is 5.73 Å². The highest BCUT2D eigenvalue weighted by Gasteiger charge is 2.42. The third kappa shape index (κ3) is 3.01. The lowest BCUT2D eigenvalue weighted by molar-refractivity contribution is -0.158. The first kappa shape index (κ1) is 14.9. The quantitative estimate of drug-likeness (QED) is 0.861. The van der Waals surface area contributed by atoms with Crippen molar-refractivity contribution < 1.29 is 13.2 Å². The molecule has 0 fully saturated rings. The molecule has 0 saturated carbocycles. The second kappa shape index (κ2) is 5.26. The number of alkyl halides is 3. The number of thiocarbonyl (C=S) groups is 1. The summed E-state index contributed by atoms with van der Waals surface area (Å²) in [6.45, 7) is 5.12. The van der Waals surface area contributed by atoms with Gasteiger partial charge in [-0.3, -0.25) is 4.68 Å². The Morgan fingerprint density at radius 1 is 1.44 bits per heavy atom. The number of aryl methyl sites for hydroxylation is 1. The predicted octanol–water partition coefficient (Wildman–Crippen LogP) is 2.53. The molecule has 1 rings (SSSR count). The summed E-state index contributed by atoms with van der Waals surface area (Å²) < 4.78 is 39.6. The summed E-state index contributed by atoms with van der Waals surface area (Å²) in [5.41, 5.74) is 7.63. The molecule has 1 aromatic heterocycles. The largest absolute Gasteiger partial charge is 0.399 e. The van der Waals surface area contributed by atoms with Gasteiger partial charge in [-0.15, -0.1) is 0 Å². The lowest BCUT2D eigenvalue weighted by Crippen LogP contribution is -2.38. The average Bonchev–Trinajstić information content (AvgIpc) is 2.48. The summed E-state index contributed by atoms with van der Waals surface area (Å²) in [6, 6.07) is 0. The van der Waals surface area contributed by atoms with Gasteiger partial charge < -0.3 is 5.73 Å².